The SMILES string of the molecule is O=c1[nH]nc(Cc2ccccc2)n1/N=C/c1c[nH]c2ccccc12. The molecule has 0 atom stereocenters. The van der Waals surface area contributed by atoms with Crippen LogP contribution in [-0.4, -0.2) is 26.1 Å². The van der Waals surface area contributed by atoms with Crippen LogP contribution in [-0.2, 0) is 6.42 Å². The van der Waals surface area contributed by atoms with Crippen molar-refractivity contribution in [2.75, 3.05) is 0 Å². The van der Waals surface area contributed by atoms with Gasteiger partial charge < -0.3 is 4.98 Å². The topological polar surface area (TPSA) is 78.8 Å². The summed E-state index contributed by atoms with van der Waals surface area (Å²) >= 11 is 0. The van der Waals surface area contributed by atoms with E-state index in [4.69, 9.17) is 0 Å². The van der Waals surface area contributed by atoms with E-state index in [-0.39, 0.29) is 5.69 Å². The van der Waals surface area contributed by atoms with E-state index in [0.717, 1.165) is 22.0 Å². The van der Waals surface area contributed by atoms with Crippen molar-refractivity contribution in [2.24, 2.45) is 5.10 Å². The van der Waals surface area contributed by atoms with Crippen LogP contribution in [0.15, 0.2) is 70.7 Å². The van der Waals surface area contributed by atoms with Crippen LogP contribution in [0.3, 0.4) is 0 Å². The van der Waals surface area contributed by atoms with Crippen LogP contribution in [0.2, 0.25) is 0 Å². The number of nitrogens with one attached hydrogen (secondary N) is 2. The largest absolute Gasteiger partial charge is 0.364 e. The molecule has 4 aromatic rings. The molecule has 4 rings (SSSR count). The van der Waals surface area contributed by atoms with Gasteiger partial charge in [-0.15, -0.1) is 0 Å². The van der Waals surface area contributed by atoms with E-state index >= 15 is 0 Å². The molecule has 0 bridgehead atoms. The first-order valence-electron chi connectivity index (χ1n) is 7.62. The molecule has 0 spiro atoms. The molecule has 2 heterocycles. The molecule has 6 heteroatoms. The van der Waals surface area contributed by atoms with Gasteiger partial charge in [0.2, 0.25) is 0 Å². The molecular formula is C18H15N5O. The summed E-state index contributed by atoms with van der Waals surface area (Å²) in [5, 5.41) is 11.9. The third-order valence-electron chi connectivity index (χ3n) is 3.86. The first kappa shape index (κ1) is 14.2. The Bertz CT molecular complexity index is 1060. The Labute approximate surface area is 137 Å². The van der Waals surface area contributed by atoms with E-state index in [2.05, 4.69) is 20.3 Å². The average molecular weight is 317 g/mol. The Hall–Kier alpha value is -3.41. The predicted octanol–water partition coefficient (Wildman–Crippen LogP) is 2.53. The van der Waals surface area contributed by atoms with Crippen LogP contribution in [0.4, 0.5) is 0 Å². The summed E-state index contributed by atoms with van der Waals surface area (Å²) in [6.45, 7) is 0. The molecule has 0 unspecified atom stereocenters. The molecule has 0 aliphatic rings. The number of hydrogen-bond donors (Lipinski definition) is 2. The van der Waals surface area contributed by atoms with E-state index < -0.39 is 0 Å². The number of para-hydroxylation sites is 1. The number of aromatic nitrogens is 4. The van der Waals surface area contributed by atoms with Crippen molar-refractivity contribution in [2.45, 2.75) is 6.42 Å². The van der Waals surface area contributed by atoms with Crippen LogP contribution in [0.5, 0.6) is 0 Å². The monoisotopic (exact) mass is 317 g/mol. The molecule has 2 N–H and O–H groups in total. The summed E-state index contributed by atoms with van der Waals surface area (Å²) in [6.07, 6.45) is 4.07. The minimum absolute atomic E-state index is 0.350. The summed E-state index contributed by atoms with van der Waals surface area (Å²) < 4.78 is 1.30. The number of hydrogen-bond acceptors (Lipinski definition) is 3. The maximum Gasteiger partial charge on any atom is 0.364 e. The number of fused-ring (bicyclic) bond motifs is 1. The lowest BCUT2D eigenvalue weighted by Crippen LogP contribution is -2.15. The average Bonchev–Trinajstić information content (AvgIpc) is 3.18. The summed E-state index contributed by atoms with van der Waals surface area (Å²) in [6, 6.07) is 17.8. The van der Waals surface area contributed by atoms with Crippen LogP contribution in [0.25, 0.3) is 10.9 Å². The van der Waals surface area contributed by atoms with Gasteiger partial charge in [0.15, 0.2) is 5.82 Å². The first-order valence-corrected chi connectivity index (χ1v) is 7.62. The van der Waals surface area contributed by atoms with Crippen molar-refractivity contribution >= 4 is 17.1 Å². The van der Waals surface area contributed by atoms with Crippen LogP contribution < -0.4 is 5.69 Å². The molecule has 2 aromatic carbocycles. The smallest absolute Gasteiger partial charge is 0.361 e. The van der Waals surface area contributed by atoms with E-state index in [1.165, 1.54) is 4.68 Å². The minimum Gasteiger partial charge on any atom is -0.361 e. The second-order valence-corrected chi connectivity index (χ2v) is 5.45. The molecular weight excluding hydrogens is 302 g/mol. The molecule has 118 valence electrons. The highest BCUT2D eigenvalue weighted by molar-refractivity contribution is 5.98. The van der Waals surface area contributed by atoms with Gasteiger partial charge in [-0.25, -0.2) is 9.89 Å². The van der Waals surface area contributed by atoms with Gasteiger partial charge in [0.25, 0.3) is 0 Å². The fraction of sp³-hybridized carbons (Fsp3) is 0.0556. The normalized spacial score (nSPS) is 11.5. The van der Waals surface area contributed by atoms with E-state index in [1.807, 2.05) is 60.8 Å². The lowest BCUT2D eigenvalue weighted by Gasteiger charge is -2.00. The fourth-order valence-corrected chi connectivity index (χ4v) is 2.66. The minimum atomic E-state index is -0.350. The molecule has 2 aromatic heterocycles. The second kappa shape index (κ2) is 6.00. The number of rotatable bonds is 4. The number of aromatic amines is 2. The highest BCUT2D eigenvalue weighted by Crippen LogP contribution is 2.15. The first-order chi connectivity index (χ1) is 11.8. The quantitative estimate of drug-likeness (QED) is 0.567. The van der Waals surface area contributed by atoms with Crippen molar-refractivity contribution in [3.63, 3.8) is 0 Å². The summed E-state index contributed by atoms with van der Waals surface area (Å²) in [4.78, 5) is 15.2. The number of benzene rings is 2. The van der Waals surface area contributed by atoms with Crippen molar-refractivity contribution in [3.05, 3.63) is 88.2 Å². The molecule has 0 aliphatic carbocycles. The maximum atomic E-state index is 12.0. The van der Waals surface area contributed by atoms with Gasteiger partial charge in [-0.1, -0.05) is 48.5 Å². The van der Waals surface area contributed by atoms with Gasteiger partial charge in [-0.05, 0) is 11.6 Å². The van der Waals surface area contributed by atoms with Gasteiger partial charge in [0.1, 0.15) is 0 Å². The van der Waals surface area contributed by atoms with Crippen LogP contribution in [0.1, 0.15) is 17.0 Å². The van der Waals surface area contributed by atoms with Gasteiger partial charge in [0, 0.05) is 29.1 Å². The summed E-state index contributed by atoms with van der Waals surface area (Å²) in [5.41, 5.74) is 2.67. The van der Waals surface area contributed by atoms with Crippen LogP contribution >= 0.6 is 0 Å². The Kier molecular flexibility index (Phi) is 3.55. The standard InChI is InChI=1S/C18H15N5O/c24-18-22-21-17(10-13-6-2-1-3-7-13)23(18)20-12-14-11-19-16-9-5-4-8-15(14)16/h1-9,11-12,19H,10H2,(H,22,24)/b20-12+. The van der Waals surface area contributed by atoms with Gasteiger partial charge in [0.05, 0.1) is 6.21 Å². The Balaban J connectivity index is 1.67. The zero-order chi connectivity index (χ0) is 16.4. The zero-order valence-corrected chi connectivity index (χ0v) is 12.8. The van der Waals surface area contributed by atoms with Crippen LogP contribution in [0, 0.1) is 0 Å². The molecule has 0 amide bonds. The zero-order valence-electron chi connectivity index (χ0n) is 12.8. The molecule has 0 radical (unpaired) electrons. The maximum absolute atomic E-state index is 12.0. The van der Waals surface area contributed by atoms with E-state index in [1.54, 1.807) is 6.21 Å². The highest BCUT2D eigenvalue weighted by atomic mass is 16.2. The van der Waals surface area contributed by atoms with Gasteiger partial charge in [-0.2, -0.15) is 14.9 Å². The molecule has 24 heavy (non-hydrogen) atoms. The lowest BCUT2D eigenvalue weighted by atomic mass is 10.1. The Morgan fingerprint density at radius 2 is 1.88 bits per heavy atom. The fourth-order valence-electron chi connectivity index (χ4n) is 2.66. The molecule has 0 fully saturated rings. The van der Waals surface area contributed by atoms with Gasteiger partial charge >= 0.3 is 5.69 Å². The molecule has 0 aliphatic heterocycles. The predicted molar refractivity (Wildman–Crippen MR) is 93.4 cm³/mol. The van der Waals surface area contributed by atoms with Crippen molar-refractivity contribution in [1.29, 1.82) is 0 Å². The third-order valence-corrected chi connectivity index (χ3v) is 3.86. The molecule has 0 saturated heterocycles. The highest BCUT2D eigenvalue weighted by Gasteiger charge is 2.08. The van der Waals surface area contributed by atoms with Gasteiger partial charge in [-0.3, -0.25) is 0 Å². The molecule has 6 nitrogen and oxygen atoms in total. The van der Waals surface area contributed by atoms with E-state index in [0.29, 0.717) is 12.2 Å². The summed E-state index contributed by atoms with van der Waals surface area (Å²) in [5.74, 6) is 0.572. The Morgan fingerprint density at radius 3 is 2.75 bits per heavy atom. The summed E-state index contributed by atoms with van der Waals surface area (Å²) in [7, 11) is 0. The number of nitrogens with zero attached hydrogens (tertiary/aromatic N) is 3. The Morgan fingerprint density at radius 1 is 1.08 bits per heavy atom. The van der Waals surface area contributed by atoms with Crippen molar-refractivity contribution < 1.29 is 0 Å². The van der Waals surface area contributed by atoms with Crippen molar-refractivity contribution in [3.8, 4) is 0 Å². The van der Waals surface area contributed by atoms with Crippen molar-refractivity contribution in [1.82, 2.24) is 19.9 Å². The third kappa shape index (κ3) is 2.65. The lowest BCUT2D eigenvalue weighted by molar-refractivity contribution is 0.776. The molecule has 0 saturated carbocycles. The second-order valence-electron chi connectivity index (χ2n) is 5.45. The number of H-pyrrole nitrogens is 2. The van der Waals surface area contributed by atoms with E-state index in [9.17, 15) is 4.79 Å².